The van der Waals surface area contributed by atoms with Crippen LogP contribution in [0.3, 0.4) is 0 Å². The number of hydrogen-bond donors (Lipinski definition) is 0. The van der Waals surface area contributed by atoms with Crippen LogP contribution in [0.25, 0.3) is 10.9 Å². The minimum absolute atomic E-state index is 0.00302. The molecule has 0 bridgehead atoms. The molecule has 0 spiro atoms. The molecule has 0 aliphatic rings. The predicted octanol–water partition coefficient (Wildman–Crippen LogP) is 2.14. The van der Waals surface area contributed by atoms with Crippen molar-refractivity contribution in [3.05, 3.63) is 41.0 Å². The smallest absolute Gasteiger partial charge is 0.304 e. The van der Waals surface area contributed by atoms with Crippen LogP contribution in [-0.2, 0) is 11.2 Å². The van der Waals surface area contributed by atoms with Crippen molar-refractivity contribution in [2.24, 2.45) is 0 Å². The van der Waals surface area contributed by atoms with Crippen LogP contribution < -0.4 is 4.73 Å². The highest BCUT2D eigenvalue weighted by Crippen LogP contribution is 2.14. The van der Waals surface area contributed by atoms with Gasteiger partial charge in [-0.05, 0) is 37.9 Å². The summed E-state index contributed by atoms with van der Waals surface area (Å²) >= 11 is 0. The molecule has 0 radical (unpaired) electrons. The van der Waals surface area contributed by atoms with Crippen LogP contribution in [0.4, 0.5) is 0 Å². The molecule has 0 amide bonds. The topological polar surface area (TPSA) is 49.1 Å². The van der Waals surface area contributed by atoms with Crippen molar-refractivity contribution < 1.29 is 9.47 Å². The maximum atomic E-state index is 12.1. The second-order valence-electron chi connectivity index (χ2n) is 4.40. The van der Waals surface area contributed by atoms with Crippen LogP contribution in [0.15, 0.2) is 24.3 Å². The van der Waals surface area contributed by atoms with Gasteiger partial charge in [0.1, 0.15) is 5.69 Å². The van der Waals surface area contributed by atoms with Gasteiger partial charge in [0.05, 0.1) is 17.9 Å². The number of hydrogen-bond acceptors (Lipinski definition) is 3. The summed E-state index contributed by atoms with van der Waals surface area (Å²) in [5.74, 6) is 0.521. The SMILES string of the molecule is CCOC(C)Cc1nc2ccccc2c(C)[n+]1[O-]. The molecular weight excluding hydrogens is 228 g/mol. The molecule has 0 N–H and O–H groups in total. The van der Waals surface area contributed by atoms with Crippen molar-refractivity contribution >= 4 is 10.9 Å². The Morgan fingerprint density at radius 1 is 1.39 bits per heavy atom. The lowest BCUT2D eigenvalue weighted by molar-refractivity contribution is -0.623. The van der Waals surface area contributed by atoms with Gasteiger partial charge in [0.2, 0.25) is 0 Å². The highest BCUT2D eigenvalue weighted by Gasteiger charge is 2.17. The van der Waals surface area contributed by atoms with Crippen molar-refractivity contribution in [3.63, 3.8) is 0 Å². The Hall–Kier alpha value is -1.68. The molecule has 0 aliphatic carbocycles. The third-order valence-corrected chi connectivity index (χ3v) is 3.00. The van der Waals surface area contributed by atoms with Gasteiger partial charge in [0, 0.05) is 6.61 Å². The van der Waals surface area contributed by atoms with Gasteiger partial charge in [-0.3, -0.25) is 0 Å². The lowest BCUT2D eigenvalue weighted by Gasteiger charge is -2.14. The summed E-state index contributed by atoms with van der Waals surface area (Å²) in [4.78, 5) is 4.43. The maximum absolute atomic E-state index is 12.1. The summed E-state index contributed by atoms with van der Waals surface area (Å²) in [6, 6.07) is 7.69. The molecule has 18 heavy (non-hydrogen) atoms. The van der Waals surface area contributed by atoms with Crippen molar-refractivity contribution in [2.75, 3.05) is 6.61 Å². The zero-order chi connectivity index (χ0) is 13.1. The molecule has 4 heteroatoms. The Labute approximate surface area is 107 Å². The summed E-state index contributed by atoms with van der Waals surface area (Å²) in [6.45, 7) is 6.37. The molecule has 1 atom stereocenters. The molecule has 1 heterocycles. The largest absolute Gasteiger partial charge is 0.711 e. The second-order valence-corrected chi connectivity index (χ2v) is 4.40. The van der Waals surface area contributed by atoms with Gasteiger partial charge in [-0.15, -0.1) is 0 Å². The fraction of sp³-hybridized carbons (Fsp3) is 0.429. The molecule has 0 saturated carbocycles. The van der Waals surface area contributed by atoms with E-state index in [1.807, 2.05) is 45.0 Å². The molecule has 0 aliphatic heterocycles. The summed E-state index contributed by atoms with van der Waals surface area (Å²) in [6.07, 6.45) is 0.534. The Balaban J connectivity index is 2.42. The minimum atomic E-state index is 0.00302. The number of aromatic nitrogens is 2. The summed E-state index contributed by atoms with van der Waals surface area (Å²) in [7, 11) is 0. The van der Waals surface area contributed by atoms with E-state index < -0.39 is 0 Å². The average molecular weight is 246 g/mol. The normalized spacial score (nSPS) is 12.8. The third kappa shape index (κ3) is 2.43. The monoisotopic (exact) mass is 246 g/mol. The van der Waals surface area contributed by atoms with Gasteiger partial charge >= 0.3 is 5.82 Å². The van der Waals surface area contributed by atoms with Gasteiger partial charge < -0.3 is 9.94 Å². The van der Waals surface area contributed by atoms with Crippen LogP contribution in [0.1, 0.15) is 25.4 Å². The van der Waals surface area contributed by atoms with Crippen LogP contribution in [0, 0.1) is 12.1 Å². The fourth-order valence-electron chi connectivity index (χ4n) is 2.09. The van der Waals surface area contributed by atoms with Gasteiger partial charge in [-0.2, -0.15) is 0 Å². The molecule has 2 rings (SSSR count). The van der Waals surface area contributed by atoms with E-state index in [0.717, 1.165) is 15.6 Å². The van der Waals surface area contributed by atoms with Crippen LogP contribution in [0.5, 0.6) is 0 Å². The van der Waals surface area contributed by atoms with E-state index in [0.29, 0.717) is 24.5 Å². The molecular formula is C14H18N2O2. The highest BCUT2D eigenvalue weighted by atomic mass is 16.5. The quantitative estimate of drug-likeness (QED) is 0.613. The zero-order valence-electron chi connectivity index (χ0n) is 11.0. The van der Waals surface area contributed by atoms with Gasteiger partial charge in [-0.25, -0.2) is 4.73 Å². The number of para-hydroxylation sites is 1. The number of fused-ring (bicyclic) bond motifs is 1. The standard InChI is InChI=1S/C14H18N2O2/c1-4-18-10(2)9-14-15-13-8-6-5-7-12(13)11(3)16(14)17/h5-8,10H,4,9H2,1-3H3. The molecule has 2 aromatic rings. The van der Waals surface area contributed by atoms with Crippen molar-refractivity contribution in [2.45, 2.75) is 33.3 Å². The van der Waals surface area contributed by atoms with E-state index in [4.69, 9.17) is 4.74 Å². The second kappa shape index (κ2) is 5.31. The molecule has 4 nitrogen and oxygen atoms in total. The zero-order valence-corrected chi connectivity index (χ0v) is 11.0. The van der Waals surface area contributed by atoms with Gasteiger partial charge in [0.15, 0.2) is 5.52 Å². The molecule has 1 aromatic carbocycles. The first-order valence-corrected chi connectivity index (χ1v) is 6.22. The van der Waals surface area contributed by atoms with E-state index in [1.165, 1.54) is 0 Å². The third-order valence-electron chi connectivity index (χ3n) is 3.00. The summed E-state index contributed by atoms with van der Waals surface area (Å²) in [5, 5.41) is 13.0. The first-order chi connectivity index (χ1) is 8.63. The average Bonchev–Trinajstić information content (AvgIpc) is 2.36. The van der Waals surface area contributed by atoms with Crippen molar-refractivity contribution in [1.82, 2.24) is 4.98 Å². The van der Waals surface area contributed by atoms with E-state index in [2.05, 4.69) is 4.98 Å². The summed E-state index contributed by atoms with van der Waals surface area (Å²) < 4.78 is 6.38. The highest BCUT2D eigenvalue weighted by molar-refractivity contribution is 5.79. The first kappa shape index (κ1) is 12.8. The fourth-order valence-corrected chi connectivity index (χ4v) is 2.09. The molecule has 96 valence electrons. The Morgan fingerprint density at radius 2 is 2.11 bits per heavy atom. The number of aryl methyl sites for hydroxylation is 1. The molecule has 0 fully saturated rings. The molecule has 1 aromatic heterocycles. The van der Waals surface area contributed by atoms with Crippen LogP contribution >= 0.6 is 0 Å². The minimum Gasteiger partial charge on any atom is -0.711 e. The van der Waals surface area contributed by atoms with Crippen molar-refractivity contribution in [3.8, 4) is 0 Å². The number of nitrogens with zero attached hydrogens (tertiary/aromatic N) is 2. The van der Waals surface area contributed by atoms with E-state index in [9.17, 15) is 5.21 Å². The van der Waals surface area contributed by atoms with E-state index >= 15 is 0 Å². The Bertz CT molecular complexity index is 555. The van der Waals surface area contributed by atoms with Crippen molar-refractivity contribution in [1.29, 1.82) is 0 Å². The number of benzene rings is 1. The number of ether oxygens (including phenoxy) is 1. The maximum Gasteiger partial charge on any atom is 0.304 e. The van der Waals surface area contributed by atoms with Gasteiger partial charge in [0.25, 0.3) is 0 Å². The lowest BCUT2D eigenvalue weighted by atomic mass is 10.2. The molecule has 0 saturated heterocycles. The van der Waals surface area contributed by atoms with Crippen LogP contribution in [0.2, 0.25) is 0 Å². The lowest BCUT2D eigenvalue weighted by Crippen LogP contribution is -2.38. The Morgan fingerprint density at radius 3 is 2.83 bits per heavy atom. The van der Waals surface area contributed by atoms with Crippen LogP contribution in [-0.4, -0.2) is 17.7 Å². The van der Waals surface area contributed by atoms with Gasteiger partial charge in [-0.1, -0.05) is 12.1 Å². The Kier molecular flexibility index (Phi) is 3.77. The first-order valence-electron chi connectivity index (χ1n) is 6.22. The molecule has 1 unspecified atom stereocenters. The number of rotatable bonds is 4. The van der Waals surface area contributed by atoms with E-state index in [1.54, 1.807) is 0 Å². The predicted molar refractivity (Wildman–Crippen MR) is 70.2 cm³/mol. The van der Waals surface area contributed by atoms with E-state index in [-0.39, 0.29) is 6.10 Å². The summed E-state index contributed by atoms with van der Waals surface area (Å²) in [5.41, 5.74) is 1.56.